The Morgan fingerprint density at radius 2 is 1.96 bits per heavy atom. The molecule has 0 spiro atoms. The first-order valence-electron chi connectivity index (χ1n) is 16.7. The third kappa shape index (κ3) is 7.69. The topological polar surface area (TPSA) is 162 Å². The van der Waals surface area contributed by atoms with Crippen LogP contribution in [0, 0.1) is 5.92 Å². The van der Waals surface area contributed by atoms with E-state index in [-0.39, 0.29) is 18.9 Å². The highest BCUT2D eigenvalue weighted by Crippen LogP contribution is 2.46. The highest BCUT2D eigenvalue weighted by Gasteiger charge is 2.62. The maximum absolute atomic E-state index is 14.4. The Morgan fingerprint density at radius 3 is 2.71 bits per heavy atom. The van der Waals surface area contributed by atoms with Crippen LogP contribution in [0.15, 0.2) is 48.0 Å². The molecule has 1 saturated heterocycles. The van der Waals surface area contributed by atoms with Crippen LogP contribution in [-0.4, -0.2) is 86.7 Å². The van der Waals surface area contributed by atoms with E-state index in [1.165, 1.54) is 23.3 Å². The summed E-state index contributed by atoms with van der Waals surface area (Å²) in [6.07, 6.45) is 8.35. The SMILES string of the molecule is COC(=O)[C@@]12C[C@H]1C=CCCCCC[C@H](NC(=O)OC(C)(C)C)C(=O)N1C[C@H](Oc3nc(-c4ccccn4)nc4ccsc34)C[C@H]1C(=O)N2. The van der Waals surface area contributed by atoms with Gasteiger partial charge in [0.25, 0.3) is 0 Å². The smallest absolute Gasteiger partial charge is 0.408 e. The lowest BCUT2D eigenvalue weighted by Crippen LogP contribution is -2.56. The Labute approximate surface area is 288 Å². The van der Waals surface area contributed by atoms with Gasteiger partial charge < -0.3 is 29.7 Å². The first kappa shape index (κ1) is 34.3. The Kier molecular flexibility index (Phi) is 9.87. The van der Waals surface area contributed by atoms with Crippen molar-refractivity contribution in [3.8, 4) is 17.4 Å². The van der Waals surface area contributed by atoms with Gasteiger partial charge in [0, 0.05) is 18.5 Å². The van der Waals surface area contributed by atoms with Gasteiger partial charge in [-0.15, -0.1) is 11.3 Å². The number of pyridine rings is 1. The molecule has 2 aliphatic heterocycles. The summed E-state index contributed by atoms with van der Waals surface area (Å²) in [7, 11) is 1.30. The molecule has 2 fully saturated rings. The summed E-state index contributed by atoms with van der Waals surface area (Å²) in [4.78, 5) is 69.6. The second-order valence-electron chi connectivity index (χ2n) is 13.7. The van der Waals surface area contributed by atoms with Crippen LogP contribution in [0.5, 0.6) is 5.88 Å². The van der Waals surface area contributed by atoms with Gasteiger partial charge in [0.2, 0.25) is 17.7 Å². The number of esters is 1. The average Bonchev–Trinajstić information content (AvgIpc) is 3.36. The number of nitrogens with one attached hydrogen (secondary N) is 2. The number of alkyl carbamates (subject to hydrolysis) is 1. The van der Waals surface area contributed by atoms with Gasteiger partial charge >= 0.3 is 12.1 Å². The number of thiophene rings is 1. The molecule has 1 aliphatic carbocycles. The van der Waals surface area contributed by atoms with E-state index in [9.17, 15) is 19.2 Å². The molecule has 5 heterocycles. The van der Waals surface area contributed by atoms with Crippen LogP contribution < -0.4 is 15.4 Å². The largest absolute Gasteiger partial charge is 0.471 e. The van der Waals surface area contributed by atoms with E-state index in [1.54, 1.807) is 33.0 Å². The summed E-state index contributed by atoms with van der Waals surface area (Å²) in [6.45, 7) is 5.30. The Morgan fingerprint density at radius 1 is 1.12 bits per heavy atom. The van der Waals surface area contributed by atoms with E-state index in [0.717, 1.165) is 24.0 Å². The van der Waals surface area contributed by atoms with Crippen molar-refractivity contribution in [3.63, 3.8) is 0 Å². The molecule has 0 radical (unpaired) electrons. The van der Waals surface area contributed by atoms with E-state index in [4.69, 9.17) is 19.2 Å². The number of fused-ring (bicyclic) bond motifs is 3. The second kappa shape index (κ2) is 14.1. The van der Waals surface area contributed by atoms with E-state index >= 15 is 0 Å². The van der Waals surface area contributed by atoms with Gasteiger partial charge in [-0.05, 0) is 70.0 Å². The molecule has 5 atom stereocenters. The number of carbonyl (C=O) groups excluding carboxylic acids is 4. The number of nitrogens with zero attached hydrogens (tertiary/aromatic N) is 4. The van der Waals surface area contributed by atoms with Crippen LogP contribution in [0.3, 0.4) is 0 Å². The number of rotatable bonds is 5. The second-order valence-corrected chi connectivity index (χ2v) is 14.6. The zero-order valence-electron chi connectivity index (χ0n) is 28.1. The molecular formula is C35H42N6O7S. The third-order valence-electron chi connectivity index (χ3n) is 8.92. The summed E-state index contributed by atoms with van der Waals surface area (Å²) < 4.78 is 17.8. The molecule has 3 aliphatic rings. The molecule has 49 heavy (non-hydrogen) atoms. The summed E-state index contributed by atoms with van der Waals surface area (Å²) in [6, 6.07) is 5.40. The van der Waals surface area contributed by atoms with Crippen molar-refractivity contribution in [1.29, 1.82) is 0 Å². The maximum atomic E-state index is 14.4. The normalized spacial score (nSPS) is 26.1. The third-order valence-corrected chi connectivity index (χ3v) is 9.82. The number of aromatic nitrogens is 3. The first-order chi connectivity index (χ1) is 23.5. The lowest BCUT2D eigenvalue weighted by molar-refractivity contribution is -0.148. The lowest BCUT2D eigenvalue weighted by Gasteiger charge is -2.30. The number of ether oxygens (including phenoxy) is 3. The number of allylic oxidation sites excluding steroid dienone is 1. The first-order valence-corrected chi connectivity index (χ1v) is 17.6. The predicted octanol–water partition coefficient (Wildman–Crippen LogP) is 4.56. The predicted molar refractivity (Wildman–Crippen MR) is 182 cm³/mol. The molecule has 0 bridgehead atoms. The van der Waals surface area contributed by atoms with Crippen LogP contribution in [0.2, 0.25) is 0 Å². The molecule has 0 aromatic carbocycles. The molecule has 14 heteroatoms. The van der Waals surface area contributed by atoms with Crippen molar-refractivity contribution in [1.82, 2.24) is 30.5 Å². The van der Waals surface area contributed by atoms with Crippen LogP contribution in [0.25, 0.3) is 21.7 Å². The van der Waals surface area contributed by atoms with Crippen molar-refractivity contribution >= 4 is 45.4 Å². The van der Waals surface area contributed by atoms with Crippen molar-refractivity contribution in [2.24, 2.45) is 5.92 Å². The number of methoxy groups -OCH3 is 1. The van der Waals surface area contributed by atoms with Crippen LogP contribution >= 0.6 is 11.3 Å². The Hall–Kier alpha value is -4.59. The van der Waals surface area contributed by atoms with Gasteiger partial charge in [0.15, 0.2) is 5.82 Å². The molecule has 3 aromatic heterocycles. The quantitative estimate of drug-likeness (QED) is 0.287. The number of hydrogen-bond donors (Lipinski definition) is 2. The molecule has 3 amide bonds. The maximum Gasteiger partial charge on any atom is 0.408 e. The molecule has 0 unspecified atom stereocenters. The van der Waals surface area contributed by atoms with Gasteiger partial charge in [-0.2, -0.15) is 4.98 Å². The van der Waals surface area contributed by atoms with Gasteiger partial charge in [-0.25, -0.2) is 14.6 Å². The van der Waals surface area contributed by atoms with Gasteiger partial charge in [-0.3, -0.25) is 14.6 Å². The summed E-state index contributed by atoms with van der Waals surface area (Å²) in [5.74, 6) is -0.962. The highest BCUT2D eigenvalue weighted by molar-refractivity contribution is 7.17. The fourth-order valence-corrected chi connectivity index (χ4v) is 7.21. The summed E-state index contributed by atoms with van der Waals surface area (Å²) in [5, 5.41) is 7.61. The molecule has 2 N–H and O–H groups in total. The van der Waals surface area contributed by atoms with E-state index in [1.807, 2.05) is 35.7 Å². The van der Waals surface area contributed by atoms with Crippen molar-refractivity contribution in [3.05, 3.63) is 48.0 Å². The molecule has 260 valence electrons. The minimum atomic E-state index is -1.21. The number of carbonyl (C=O) groups is 4. The minimum absolute atomic E-state index is 0.0494. The van der Waals surface area contributed by atoms with E-state index in [0.29, 0.717) is 42.2 Å². The summed E-state index contributed by atoms with van der Waals surface area (Å²) in [5.41, 5.74) is -0.716. The van der Waals surface area contributed by atoms with Gasteiger partial charge in [0.1, 0.15) is 39.7 Å². The Bertz CT molecular complexity index is 1740. The number of amides is 3. The zero-order chi connectivity index (χ0) is 34.8. The van der Waals surface area contributed by atoms with Crippen molar-refractivity contribution in [2.75, 3.05) is 13.7 Å². The van der Waals surface area contributed by atoms with E-state index in [2.05, 4.69) is 20.6 Å². The fourth-order valence-electron chi connectivity index (χ4n) is 6.45. The lowest BCUT2D eigenvalue weighted by atomic mass is 10.0. The van der Waals surface area contributed by atoms with Gasteiger partial charge in [0.05, 0.1) is 19.2 Å². The molecule has 1 saturated carbocycles. The monoisotopic (exact) mass is 690 g/mol. The summed E-state index contributed by atoms with van der Waals surface area (Å²) >= 11 is 1.42. The fraction of sp³-hybridized carbons (Fsp3) is 0.514. The molecule has 3 aromatic rings. The number of hydrogen-bond acceptors (Lipinski definition) is 11. The zero-order valence-corrected chi connectivity index (χ0v) is 29.0. The van der Waals surface area contributed by atoms with E-state index < -0.39 is 53.2 Å². The van der Waals surface area contributed by atoms with Crippen LogP contribution in [0.4, 0.5) is 4.79 Å². The van der Waals surface area contributed by atoms with Crippen LogP contribution in [0.1, 0.15) is 65.7 Å². The van der Waals surface area contributed by atoms with Crippen molar-refractivity contribution in [2.45, 2.75) is 95.0 Å². The van der Waals surface area contributed by atoms with Crippen molar-refractivity contribution < 1.29 is 33.4 Å². The highest BCUT2D eigenvalue weighted by atomic mass is 32.1. The minimum Gasteiger partial charge on any atom is -0.471 e. The molecule has 6 rings (SSSR count). The standard InChI is InChI=1S/C35H42N6O7S/c1-34(2,3)48-33(45)38-25-14-9-7-5-6-8-12-21-19-35(21,32(44)46-4)40-29(42)26-18-22(20-41(26)31(25)43)47-30-27-23(15-17-49-27)37-28(39-30)24-13-10-11-16-36-24/h8,10-13,15-17,21-22,25-26H,5-7,9,14,18-20H2,1-4H3,(H,38,45)(H,40,42)/t21-,22-,25+,26+,35-/m1/s1. The average molecular weight is 691 g/mol. The van der Waals surface area contributed by atoms with Crippen LogP contribution in [-0.2, 0) is 23.9 Å². The molecular weight excluding hydrogens is 648 g/mol. The Balaban J connectivity index is 1.32. The molecule has 13 nitrogen and oxygen atoms in total. The van der Waals surface area contributed by atoms with Gasteiger partial charge in [-0.1, -0.05) is 31.1 Å².